The highest BCUT2D eigenvalue weighted by Gasteiger charge is 2.14. The predicted molar refractivity (Wildman–Crippen MR) is 132 cm³/mol. The van der Waals surface area contributed by atoms with Gasteiger partial charge in [0.2, 0.25) is 0 Å². The van der Waals surface area contributed by atoms with Crippen molar-refractivity contribution in [3.63, 3.8) is 0 Å². The van der Waals surface area contributed by atoms with Gasteiger partial charge in [-0.2, -0.15) is 5.10 Å². The number of benzene rings is 2. The molecule has 0 spiro atoms. The molecule has 0 radical (unpaired) electrons. The first-order chi connectivity index (χ1) is 16.1. The zero-order valence-corrected chi connectivity index (χ0v) is 21.2. The highest BCUT2D eigenvalue weighted by molar-refractivity contribution is 9.09. The molecule has 2 heterocycles. The van der Waals surface area contributed by atoms with E-state index >= 15 is 0 Å². The quantitative estimate of drug-likeness (QED) is 0.220. The average molecular weight is 528 g/mol. The maximum absolute atomic E-state index is 11.5. The minimum atomic E-state index is -0.374. The maximum atomic E-state index is 11.5. The number of H-pyrrole nitrogens is 1. The lowest BCUT2D eigenvalue weighted by molar-refractivity contribution is -0.138. The molecule has 0 fully saturated rings. The van der Waals surface area contributed by atoms with Gasteiger partial charge >= 0.3 is 5.97 Å². The SMILES string of the molecule is CC(C)(C)OC=O.COC(=O)c1ccc(-n2cc(-c3n[nH]c4ccc(C(C)Br)cc34)nn2)cc1. The number of carbonyl (C=O) groups is 2. The average Bonchev–Trinajstić information content (AvgIpc) is 3.45. The van der Waals surface area contributed by atoms with Crippen LogP contribution in [0.3, 0.4) is 0 Å². The zero-order valence-electron chi connectivity index (χ0n) is 19.6. The van der Waals surface area contributed by atoms with Gasteiger partial charge in [-0.3, -0.25) is 9.89 Å². The Hall–Kier alpha value is -3.53. The van der Waals surface area contributed by atoms with Crippen molar-refractivity contribution in [3.8, 4) is 17.1 Å². The molecule has 0 saturated heterocycles. The summed E-state index contributed by atoms with van der Waals surface area (Å²) >= 11 is 3.60. The number of ether oxygens (including phenoxy) is 2. The lowest BCUT2D eigenvalue weighted by atomic mass is 10.1. The van der Waals surface area contributed by atoms with Gasteiger partial charge in [0.05, 0.1) is 30.1 Å². The van der Waals surface area contributed by atoms with Gasteiger partial charge in [-0.1, -0.05) is 27.2 Å². The molecule has 0 bridgehead atoms. The summed E-state index contributed by atoms with van der Waals surface area (Å²) in [7, 11) is 1.36. The van der Waals surface area contributed by atoms with Crippen molar-refractivity contribution < 1.29 is 19.1 Å². The number of halogens is 1. The van der Waals surface area contributed by atoms with Crippen molar-refractivity contribution in [2.75, 3.05) is 7.11 Å². The van der Waals surface area contributed by atoms with E-state index in [2.05, 4.69) is 60.2 Å². The summed E-state index contributed by atoms with van der Waals surface area (Å²) in [4.78, 5) is 21.4. The molecule has 2 aromatic carbocycles. The van der Waals surface area contributed by atoms with Crippen molar-refractivity contribution >= 4 is 39.3 Å². The van der Waals surface area contributed by atoms with Gasteiger partial charge in [0.1, 0.15) is 17.0 Å². The third-order valence-corrected chi connectivity index (χ3v) is 5.27. The van der Waals surface area contributed by atoms with Crippen LogP contribution in [0.15, 0.2) is 48.7 Å². The van der Waals surface area contributed by atoms with Crippen molar-refractivity contribution in [2.24, 2.45) is 0 Å². The number of hydrogen-bond acceptors (Lipinski definition) is 7. The molecule has 0 aliphatic carbocycles. The fourth-order valence-electron chi connectivity index (χ4n) is 2.99. The van der Waals surface area contributed by atoms with Crippen LogP contribution in [-0.4, -0.2) is 50.3 Å². The van der Waals surface area contributed by atoms with Gasteiger partial charge in [-0.15, -0.1) is 5.10 Å². The lowest BCUT2D eigenvalue weighted by Gasteiger charge is -2.14. The fraction of sp³-hybridized carbons (Fsp3) is 0.292. The van der Waals surface area contributed by atoms with Crippen LogP contribution >= 0.6 is 15.9 Å². The van der Waals surface area contributed by atoms with Gasteiger partial charge in [0.25, 0.3) is 6.47 Å². The molecule has 1 atom stereocenters. The number of carbonyl (C=O) groups excluding carboxylic acids is 2. The minimum absolute atomic E-state index is 0.244. The van der Waals surface area contributed by atoms with Crippen molar-refractivity contribution in [1.82, 2.24) is 25.2 Å². The van der Waals surface area contributed by atoms with Gasteiger partial charge in [-0.25, -0.2) is 9.48 Å². The second kappa shape index (κ2) is 10.6. The predicted octanol–water partition coefficient (Wildman–Crippen LogP) is 5.01. The zero-order chi connectivity index (χ0) is 24.9. The smallest absolute Gasteiger partial charge is 0.337 e. The highest BCUT2D eigenvalue weighted by Crippen LogP contribution is 2.30. The number of nitrogens with one attached hydrogen (secondary N) is 1. The summed E-state index contributed by atoms with van der Waals surface area (Å²) in [5.74, 6) is -0.374. The third-order valence-electron chi connectivity index (χ3n) is 4.74. The van der Waals surface area contributed by atoms with Crippen LogP contribution in [-0.2, 0) is 14.3 Å². The van der Waals surface area contributed by atoms with Crippen LogP contribution in [0.25, 0.3) is 28.0 Å². The molecular formula is C24H26BrN5O4. The number of aromatic nitrogens is 5. The van der Waals surface area contributed by atoms with Gasteiger partial charge in [-0.05, 0) is 69.7 Å². The molecule has 0 aliphatic heterocycles. The summed E-state index contributed by atoms with van der Waals surface area (Å²) in [5.41, 5.74) is 4.47. The van der Waals surface area contributed by atoms with Crippen molar-refractivity contribution in [1.29, 1.82) is 0 Å². The molecule has 2 aromatic heterocycles. The number of methoxy groups -OCH3 is 1. The summed E-state index contributed by atoms with van der Waals surface area (Å²) in [6.45, 7) is 8.00. The van der Waals surface area contributed by atoms with E-state index in [4.69, 9.17) is 4.74 Å². The Kier molecular flexibility index (Phi) is 7.83. The van der Waals surface area contributed by atoms with Gasteiger partial charge < -0.3 is 9.47 Å². The molecule has 1 unspecified atom stereocenters. The van der Waals surface area contributed by atoms with Gasteiger partial charge in [0.15, 0.2) is 0 Å². The molecule has 1 N–H and O–H groups in total. The Morgan fingerprint density at radius 2 is 1.88 bits per heavy atom. The second-order valence-corrected chi connectivity index (χ2v) is 9.78. The summed E-state index contributed by atoms with van der Waals surface area (Å²) in [5, 5.41) is 16.9. The Morgan fingerprint density at radius 1 is 1.18 bits per heavy atom. The minimum Gasteiger partial charge on any atom is -0.465 e. The van der Waals surface area contributed by atoms with Crippen LogP contribution < -0.4 is 0 Å². The summed E-state index contributed by atoms with van der Waals surface area (Å²) in [6.07, 6.45) is 1.81. The number of fused-ring (bicyclic) bond motifs is 1. The van der Waals surface area contributed by atoms with Crippen LogP contribution in [0.1, 0.15) is 48.4 Å². The Morgan fingerprint density at radius 3 is 2.44 bits per heavy atom. The molecule has 0 aliphatic rings. The van der Waals surface area contributed by atoms with Crippen molar-refractivity contribution in [2.45, 2.75) is 38.1 Å². The molecule has 9 nitrogen and oxygen atoms in total. The fourth-order valence-corrected chi connectivity index (χ4v) is 3.27. The van der Waals surface area contributed by atoms with Crippen LogP contribution in [0.4, 0.5) is 0 Å². The van der Waals surface area contributed by atoms with E-state index in [1.165, 1.54) is 7.11 Å². The molecule has 10 heteroatoms. The van der Waals surface area contributed by atoms with E-state index in [0.29, 0.717) is 17.7 Å². The molecule has 4 rings (SSSR count). The summed E-state index contributed by atoms with van der Waals surface area (Å²) < 4.78 is 10.9. The standard InChI is InChI=1S/C19H16BrN5O2.C5H10O2/c1-11(20)13-5-8-16-15(9-13)18(23-21-16)17-10-25(24-22-17)14-6-3-12(4-7-14)19(26)27-2;1-5(2,3)7-4-6/h3-11H,1-2H3,(H,21,23);4H,1-3H3. The van der Waals surface area contributed by atoms with Crippen LogP contribution in [0, 0.1) is 0 Å². The maximum Gasteiger partial charge on any atom is 0.337 e. The normalized spacial score (nSPS) is 11.9. The molecular weight excluding hydrogens is 502 g/mol. The van der Waals surface area contributed by atoms with E-state index in [9.17, 15) is 9.59 Å². The lowest BCUT2D eigenvalue weighted by Crippen LogP contribution is -2.17. The Labute approximate surface area is 205 Å². The topological polar surface area (TPSA) is 112 Å². The van der Waals surface area contributed by atoms with Gasteiger partial charge in [0, 0.05) is 10.2 Å². The van der Waals surface area contributed by atoms with Crippen LogP contribution in [0.5, 0.6) is 0 Å². The first-order valence-electron chi connectivity index (χ1n) is 10.5. The Bertz CT molecular complexity index is 1270. The Balaban J connectivity index is 0.000000406. The largest absolute Gasteiger partial charge is 0.465 e. The third kappa shape index (κ3) is 6.07. The van der Waals surface area contributed by atoms with E-state index in [-0.39, 0.29) is 16.4 Å². The number of esters is 1. The molecule has 0 saturated carbocycles. The first kappa shape index (κ1) is 25.1. The molecule has 34 heavy (non-hydrogen) atoms. The second-order valence-electron chi connectivity index (χ2n) is 8.41. The van der Waals surface area contributed by atoms with E-state index in [0.717, 1.165) is 27.8 Å². The monoisotopic (exact) mass is 527 g/mol. The molecule has 4 aromatic rings. The molecule has 0 amide bonds. The molecule has 178 valence electrons. The highest BCUT2D eigenvalue weighted by atomic mass is 79.9. The number of aromatic amines is 1. The van der Waals surface area contributed by atoms with E-state index in [1.807, 2.05) is 33.0 Å². The van der Waals surface area contributed by atoms with E-state index < -0.39 is 0 Å². The first-order valence-corrected chi connectivity index (χ1v) is 11.4. The van der Waals surface area contributed by atoms with Crippen LogP contribution in [0.2, 0.25) is 0 Å². The number of hydrogen-bond donors (Lipinski definition) is 1. The summed E-state index contributed by atoms with van der Waals surface area (Å²) in [6, 6.07) is 13.1. The van der Waals surface area contributed by atoms with Crippen molar-refractivity contribution in [3.05, 3.63) is 59.8 Å². The number of rotatable bonds is 5. The van der Waals surface area contributed by atoms with E-state index in [1.54, 1.807) is 28.9 Å². The number of alkyl halides is 1. The number of nitrogens with zero attached hydrogens (tertiary/aromatic N) is 4.